The van der Waals surface area contributed by atoms with Gasteiger partial charge in [0.2, 0.25) is 0 Å². The van der Waals surface area contributed by atoms with Crippen molar-refractivity contribution in [1.29, 1.82) is 0 Å². The fraction of sp³-hybridized carbons (Fsp3) is 0.812. The number of hydrogen-bond acceptors (Lipinski definition) is 3. The van der Waals surface area contributed by atoms with Crippen molar-refractivity contribution in [3.05, 3.63) is 17.5 Å². The lowest BCUT2D eigenvalue weighted by Gasteiger charge is -2.45. The van der Waals surface area contributed by atoms with Crippen molar-refractivity contribution < 1.29 is 0 Å². The first-order valence-electron chi connectivity index (χ1n) is 7.81. The number of likely N-dealkylation sites (N-methyl/N-ethyl adjacent to an activating group) is 2. The molecule has 1 aromatic heterocycles. The molecule has 0 radical (unpaired) electrons. The van der Waals surface area contributed by atoms with Crippen LogP contribution in [0.2, 0.25) is 0 Å². The van der Waals surface area contributed by atoms with Gasteiger partial charge in [0.1, 0.15) is 0 Å². The van der Waals surface area contributed by atoms with Crippen molar-refractivity contribution in [2.75, 3.05) is 20.6 Å². The van der Waals surface area contributed by atoms with Gasteiger partial charge < -0.3 is 10.2 Å². The summed E-state index contributed by atoms with van der Waals surface area (Å²) >= 11 is 0. The van der Waals surface area contributed by atoms with Gasteiger partial charge in [0.15, 0.2) is 0 Å². The lowest BCUT2D eigenvalue weighted by atomic mass is 9.81. The van der Waals surface area contributed by atoms with E-state index in [-0.39, 0.29) is 5.54 Å². The smallest absolute Gasteiger partial charge is 0.0596 e. The summed E-state index contributed by atoms with van der Waals surface area (Å²) in [5.74, 6) is 0. The molecule has 0 fully saturated rings. The van der Waals surface area contributed by atoms with Gasteiger partial charge in [-0.15, -0.1) is 0 Å². The van der Waals surface area contributed by atoms with E-state index in [1.807, 2.05) is 11.7 Å². The average molecular weight is 280 g/mol. The van der Waals surface area contributed by atoms with Crippen LogP contribution in [-0.4, -0.2) is 46.9 Å². The van der Waals surface area contributed by atoms with Gasteiger partial charge in [-0.3, -0.25) is 4.68 Å². The Labute approximate surface area is 124 Å². The Hall–Kier alpha value is -0.870. The highest BCUT2D eigenvalue weighted by Crippen LogP contribution is 2.28. The SMILES string of the molecule is CCNC(Cc1cc(C)nn1C)C(CC)(CC)N(C)C. The van der Waals surface area contributed by atoms with Crippen molar-refractivity contribution in [2.45, 2.75) is 58.5 Å². The van der Waals surface area contributed by atoms with E-state index < -0.39 is 0 Å². The zero-order valence-electron chi connectivity index (χ0n) is 14.3. The predicted molar refractivity (Wildman–Crippen MR) is 86.1 cm³/mol. The zero-order chi connectivity index (χ0) is 15.3. The van der Waals surface area contributed by atoms with Gasteiger partial charge in [-0.2, -0.15) is 5.10 Å². The maximum Gasteiger partial charge on any atom is 0.0596 e. The first-order valence-corrected chi connectivity index (χ1v) is 7.81. The second kappa shape index (κ2) is 7.23. The summed E-state index contributed by atoms with van der Waals surface area (Å²) in [5.41, 5.74) is 2.59. The quantitative estimate of drug-likeness (QED) is 0.793. The highest BCUT2D eigenvalue weighted by Gasteiger charge is 2.37. The lowest BCUT2D eigenvalue weighted by molar-refractivity contribution is 0.0881. The summed E-state index contributed by atoms with van der Waals surface area (Å²) in [6.45, 7) is 9.83. The van der Waals surface area contributed by atoms with Crippen LogP contribution in [-0.2, 0) is 13.5 Å². The van der Waals surface area contributed by atoms with E-state index in [1.54, 1.807) is 0 Å². The van der Waals surface area contributed by atoms with Crippen molar-refractivity contribution >= 4 is 0 Å². The van der Waals surface area contributed by atoms with Crippen LogP contribution < -0.4 is 5.32 Å². The van der Waals surface area contributed by atoms with Gasteiger partial charge in [-0.25, -0.2) is 0 Å². The van der Waals surface area contributed by atoms with Gasteiger partial charge in [0, 0.05) is 30.7 Å². The van der Waals surface area contributed by atoms with E-state index in [1.165, 1.54) is 5.69 Å². The molecule has 0 aromatic carbocycles. The monoisotopic (exact) mass is 280 g/mol. The Morgan fingerprint density at radius 1 is 1.30 bits per heavy atom. The van der Waals surface area contributed by atoms with Gasteiger partial charge >= 0.3 is 0 Å². The molecule has 4 nitrogen and oxygen atoms in total. The molecule has 1 N–H and O–H groups in total. The number of nitrogens with zero attached hydrogens (tertiary/aromatic N) is 3. The topological polar surface area (TPSA) is 33.1 Å². The van der Waals surface area contributed by atoms with Crippen LogP contribution in [0.1, 0.15) is 45.0 Å². The van der Waals surface area contributed by atoms with Crippen LogP contribution in [0, 0.1) is 6.92 Å². The Kier molecular flexibility index (Phi) is 6.21. The Bertz CT molecular complexity index is 405. The maximum absolute atomic E-state index is 4.48. The molecule has 0 amide bonds. The lowest BCUT2D eigenvalue weighted by Crippen LogP contribution is -2.59. The summed E-state index contributed by atoms with van der Waals surface area (Å²) in [5, 5.41) is 8.19. The number of hydrogen-bond donors (Lipinski definition) is 1. The number of rotatable bonds is 8. The summed E-state index contributed by atoms with van der Waals surface area (Å²) in [6, 6.07) is 2.64. The largest absolute Gasteiger partial charge is 0.312 e. The summed E-state index contributed by atoms with van der Waals surface area (Å²) < 4.78 is 2.02. The van der Waals surface area contributed by atoms with Crippen molar-refractivity contribution in [2.24, 2.45) is 7.05 Å². The minimum Gasteiger partial charge on any atom is -0.312 e. The fourth-order valence-corrected chi connectivity index (χ4v) is 3.45. The molecule has 0 bridgehead atoms. The average Bonchev–Trinajstić information content (AvgIpc) is 2.70. The zero-order valence-corrected chi connectivity index (χ0v) is 14.3. The van der Waals surface area contributed by atoms with Crippen LogP contribution in [0.25, 0.3) is 0 Å². The highest BCUT2D eigenvalue weighted by molar-refractivity contribution is 5.13. The van der Waals surface area contributed by atoms with Crippen molar-refractivity contribution in [3.63, 3.8) is 0 Å². The van der Waals surface area contributed by atoms with Crippen LogP contribution in [0.4, 0.5) is 0 Å². The second-order valence-electron chi connectivity index (χ2n) is 5.92. The normalized spacial score (nSPS) is 14.0. The Morgan fingerprint density at radius 3 is 2.25 bits per heavy atom. The predicted octanol–water partition coefficient (Wildman–Crippen LogP) is 2.37. The third kappa shape index (κ3) is 3.41. The molecular formula is C16H32N4. The van der Waals surface area contributed by atoms with Gasteiger partial charge in [0.25, 0.3) is 0 Å². The molecule has 1 rings (SSSR count). The first-order chi connectivity index (χ1) is 9.41. The minimum absolute atomic E-state index is 0.189. The summed E-state index contributed by atoms with van der Waals surface area (Å²) in [7, 11) is 6.44. The van der Waals surface area contributed by atoms with Gasteiger partial charge in [-0.05, 0) is 46.5 Å². The molecule has 1 unspecified atom stereocenters. The molecule has 20 heavy (non-hydrogen) atoms. The van der Waals surface area contributed by atoms with Crippen LogP contribution in [0.5, 0.6) is 0 Å². The van der Waals surface area contributed by atoms with E-state index in [0.29, 0.717) is 6.04 Å². The molecule has 1 heterocycles. The van der Waals surface area contributed by atoms with E-state index >= 15 is 0 Å². The molecule has 1 atom stereocenters. The van der Waals surface area contributed by atoms with E-state index in [0.717, 1.165) is 31.5 Å². The molecule has 116 valence electrons. The van der Waals surface area contributed by atoms with Crippen molar-refractivity contribution in [1.82, 2.24) is 20.0 Å². The molecular weight excluding hydrogens is 248 g/mol. The standard InChI is InChI=1S/C16H32N4/c1-8-16(9-2,19(5)6)15(17-10-3)12-14-11-13(4)18-20(14)7/h11,15,17H,8-10,12H2,1-7H3. The Balaban J connectivity index is 3.06. The van der Waals surface area contributed by atoms with Gasteiger partial charge in [0.05, 0.1) is 5.69 Å². The summed E-state index contributed by atoms with van der Waals surface area (Å²) in [4.78, 5) is 2.39. The maximum atomic E-state index is 4.48. The van der Waals surface area contributed by atoms with Crippen LogP contribution >= 0.6 is 0 Å². The fourth-order valence-electron chi connectivity index (χ4n) is 3.45. The number of aryl methyl sites for hydroxylation is 2. The first kappa shape index (κ1) is 17.2. The molecule has 4 heteroatoms. The molecule has 0 aliphatic carbocycles. The molecule has 0 aliphatic rings. The van der Waals surface area contributed by atoms with Crippen LogP contribution in [0.15, 0.2) is 6.07 Å². The number of aromatic nitrogens is 2. The third-order valence-corrected chi connectivity index (χ3v) is 4.73. The Morgan fingerprint density at radius 2 is 1.90 bits per heavy atom. The molecule has 0 aliphatic heterocycles. The van der Waals surface area contributed by atoms with Crippen LogP contribution in [0.3, 0.4) is 0 Å². The molecule has 0 saturated heterocycles. The van der Waals surface area contributed by atoms with Crippen molar-refractivity contribution in [3.8, 4) is 0 Å². The van der Waals surface area contributed by atoms with Gasteiger partial charge in [-0.1, -0.05) is 20.8 Å². The minimum atomic E-state index is 0.189. The van der Waals surface area contributed by atoms with E-state index in [9.17, 15) is 0 Å². The highest BCUT2D eigenvalue weighted by atomic mass is 15.3. The summed E-state index contributed by atoms with van der Waals surface area (Å²) in [6.07, 6.45) is 3.31. The van der Waals surface area contributed by atoms with E-state index in [2.05, 4.69) is 63.2 Å². The molecule has 1 aromatic rings. The third-order valence-electron chi connectivity index (χ3n) is 4.73. The molecule has 0 spiro atoms. The second-order valence-corrected chi connectivity index (χ2v) is 5.92. The number of nitrogens with one attached hydrogen (secondary N) is 1. The molecule has 0 saturated carbocycles. The van der Waals surface area contributed by atoms with E-state index in [4.69, 9.17) is 0 Å².